The number of rotatable bonds is 9. The van der Waals surface area contributed by atoms with E-state index in [1.165, 1.54) is 0 Å². The second-order valence-electron chi connectivity index (χ2n) is 6.68. The van der Waals surface area contributed by atoms with Gasteiger partial charge in [-0.2, -0.15) is 0 Å². The molecule has 0 unspecified atom stereocenters. The highest BCUT2D eigenvalue weighted by atomic mass is 16.4. The molecule has 1 amide bonds. The summed E-state index contributed by atoms with van der Waals surface area (Å²) in [6.45, 7) is 8.31. The zero-order valence-corrected chi connectivity index (χ0v) is 12.5. The van der Waals surface area contributed by atoms with Crippen molar-refractivity contribution in [3.05, 3.63) is 0 Å². The summed E-state index contributed by atoms with van der Waals surface area (Å²) in [5.41, 5.74) is -0.597. The van der Waals surface area contributed by atoms with Gasteiger partial charge in [-0.3, -0.25) is 9.59 Å². The predicted molar refractivity (Wildman–Crippen MR) is 73.8 cm³/mol. The first-order valence-electron chi connectivity index (χ1n) is 6.67. The lowest BCUT2D eigenvalue weighted by Crippen LogP contribution is -2.36. The number of hydrogen-bond acceptors (Lipinski definition) is 3. The second kappa shape index (κ2) is 7.48. The van der Waals surface area contributed by atoms with E-state index in [-0.39, 0.29) is 30.8 Å². The SMILES string of the molecule is CC(C)(CCCO)CNC(=O)CC(C)(C)CC(=O)O. The summed E-state index contributed by atoms with van der Waals surface area (Å²) in [5, 5.41) is 20.4. The van der Waals surface area contributed by atoms with Gasteiger partial charge in [0.25, 0.3) is 0 Å². The van der Waals surface area contributed by atoms with Gasteiger partial charge in [-0.15, -0.1) is 0 Å². The lowest BCUT2D eigenvalue weighted by atomic mass is 9.84. The third-order valence-electron chi connectivity index (χ3n) is 3.04. The van der Waals surface area contributed by atoms with Crippen LogP contribution in [0.2, 0.25) is 0 Å². The third kappa shape index (κ3) is 9.47. The second-order valence-corrected chi connectivity index (χ2v) is 6.68. The van der Waals surface area contributed by atoms with E-state index in [0.29, 0.717) is 13.0 Å². The Morgan fingerprint density at radius 1 is 1.05 bits per heavy atom. The molecule has 0 aliphatic carbocycles. The molecule has 0 saturated carbocycles. The Bertz CT molecular complexity index is 311. The highest BCUT2D eigenvalue weighted by Crippen LogP contribution is 2.25. The Morgan fingerprint density at radius 2 is 1.63 bits per heavy atom. The molecule has 0 spiro atoms. The number of hydrogen-bond donors (Lipinski definition) is 3. The summed E-state index contributed by atoms with van der Waals surface area (Å²) >= 11 is 0. The molecule has 0 rings (SSSR count). The first-order valence-corrected chi connectivity index (χ1v) is 6.67. The van der Waals surface area contributed by atoms with Crippen LogP contribution in [0.1, 0.15) is 53.4 Å². The van der Waals surface area contributed by atoms with Crippen molar-refractivity contribution in [2.45, 2.75) is 53.4 Å². The molecular formula is C14H27NO4. The lowest BCUT2D eigenvalue weighted by molar-refractivity contribution is -0.139. The van der Waals surface area contributed by atoms with Crippen LogP contribution in [0.3, 0.4) is 0 Å². The summed E-state index contributed by atoms with van der Waals surface area (Å²) in [6, 6.07) is 0. The Kier molecular flexibility index (Phi) is 7.05. The Hall–Kier alpha value is -1.10. The standard InChI is InChI=1S/C14H27NO4/c1-13(2,6-5-7-16)10-15-11(17)8-14(3,4)9-12(18)19/h16H,5-10H2,1-4H3,(H,15,17)(H,18,19). The zero-order valence-electron chi connectivity index (χ0n) is 12.5. The van der Waals surface area contributed by atoms with Crippen molar-refractivity contribution in [2.24, 2.45) is 10.8 Å². The minimum absolute atomic E-state index is 0.0195. The molecule has 112 valence electrons. The number of carbonyl (C=O) groups is 2. The number of carboxylic acids is 1. The number of aliphatic hydroxyl groups is 1. The summed E-state index contributed by atoms with van der Waals surface area (Å²) < 4.78 is 0. The average molecular weight is 273 g/mol. The van der Waals surface area contributed by atoms with E-state index in [1.807, 2.05) is 13.8 Å². The topological polar surface area (TPSA) is 86.6 Å². The van der Waals surface area contributed by atoms with Crippen molar-refractivity contribution < 1.29 is 19.8 Å². The van der Waals surface area contributed by atoms with Crippen LogP contribution >= 0.6 is 0 Å². The smallest absolute Gasteiger partial charge is 0.303 e. The van der Waals surface area contributed by atoms with Gasteiger partial charge in [-0.1, -0.05) is 27.7 Å². The minimum Gasteiger partial charge on any atom is -0.481 e. The minimum atomic E-state index is -0.888. The molecule has 5 nitrogen and oxygen atoms in total. The van der Waals surface area contributed by atoms with Gasteiger partial charge < -0.3 is 15.5 Å². The van der Waals surface area contributed by atoms with Gasteiger partial charge in [0.1, 0.15) is 0 Å². The van der Waals surface area contributed by atoms with Gasteiger partial charge in [-0.25, -0.2) is 0 Å². The summed E-state index contributed by atoms with van der Waals surface area (Å²) in [7, 11) is 0. The third-order valence-corrected chi connectivity index (χ3v) is 3.04. The highest BCUT2D eigenvalue weighted by Gasteiger charge is 2.26. The average Bonchev–Trinajstić information content (AvgIpc) is 2.21. The van der Waals surface area contributed by atoms with Gasteiger partial charge in [0, 0.05) is 19.6 Å². The maximum atomic E-state index is 11.8. The summed E-state index contributed by atoms with van der Waals surface area (Å²) in [5.74, 6) is -1.01. The van der Waals surface area contributed by atoms with Crippen LogP contribution in [0.5, 0.6) is 0 Å². The Morgan fingerprint density at radius 3 is 2.11 bits per heavy atom. The fourth-order valence-corrected chi connectivity index (χ4v) is 1.95. The van der Waals surface area contributed by atoms with Crippen LogP contribution in [0, 0.1) is 10.8 Å². The molecule has 5 heteroatoms. The van der Waals surface area contributed by atoms with Crippen LogP contribution in [0.4, 0.5) is 0 Å². The van der Waals surface area contributed by atoms with E-state index in [9.17, 15) is 9.59 Å². The first-order chi connectivity index (χ1) is 8.58. The van der Waals surface area contributed by atoms with E-state index < -0.39 is 11.4 Å². The van der Waals surface area contributed by atoms with Gasteiger partial charge >= 0.3 is 5.97 Å². The van der Waals surface area contributed by atoms with Crippen molar-refractivity contribution >= 4 is 11.9 Å². The van der Waals surface area contributed by atoms with Crippen molar-refractivity contribution in [3.63, 3.8) is 0 Å². The van der Waals surface area contributed by atoms with Gasteiger partial charge in [0.15, 0.2) is 0 Å². The molecule has 0 radical (unpaired) electrons. The fourth-order valence-electron chi connectivity index (χ4n) is 1.95. The molecule has 3 N–H and O–H groups in total. The molecule has 19 heavy (non-hydrogen) atoms. The van der Waals surface area contributed by atoms with Gasteiger partial charge in [-0.05, 0) is 23.7 Å². The summed E-state index contributed by atoms with van der Waals surface area (Å²) in [6.07, 6.45) is 1.74. The predicted octanol–water partition coefficient (Wildman–Crippen LogP) is 1.79. The van der Waals surface area contributed by atoms with E-state index in [0.717, 1.165) is 6.42 Å². The van der Waals surface area contributed by atoms with Crippen molar-refractivity contribution in [1.82, 2.24) is 5.32 Å². The molecule has 0 saturated heterocycles. The van der Waals surface area contributed by atoms with Crippen molar-refractivity contribution in [2.75, 3.05) is 13.2 Å². The molecule has 0 atom stereocenters. The molecule has 0 aromatic carbocycles. The number of carbonyl (C=O) groups excluding carboxylic acids is 1. The van der Waals surface area contributed by atoms with Crippen LogP contribution < -0.4 is 5.32 Å². The van der Waals surface area contributed by atoms with Crippen LogP contribution in [-0.4, -0.2) is 35.2 Å². The molecule has 0 aliphatic rings. The molecule has 0 fully saturated rings. The summed E-state index contributed by atoms with van der Waals surface area (Å²) in [4.78, 5) is 22.5. The van der Waals surface area contributed by atoms with E-state index in [4.69, 9.17) is 10.2 Å². The lowest BCUT2D eigenvalue weighted by Gasteiger charge is -2.26. The fraction of sp³-hybridized carbons (Fsp3) is 0.857. The largest absolute Gasteiger partial charge is 0.481 e. The molecule has 0 bridgehead atoms. The highest BCUT2D eigenvalue weighted by molar-refractivity contribution is 5.77. The van der Waals surface area contributed by atoms with Crippen LogP contribution in [0.25, 0.3) is 0 Å². The molecule has 0 heterocycles. The number of aliphatic carboxylic acids is 1. The van der Waals surface area contributed by atoms with Crippen molar-refractivity contribution in [1.29, 1.82) is 0 Å². The van der Waals surface area contributed by atoms with E-state index in [2.05, 4.69) is 5.32 Å². The Balaban J connectivity index is 4.14. The van der Waals surface area contributed by atoms with Gasteiger partial charge in [0.05, 0.1) is 6.42 Å². The van der Waals surface area contributed by atoms with Crippen LogP contribution in [-0.2, 0) is 9.59 Å². The van der Waals surface area contributed by atoms with Crippen LogP contribution in [0.15, 0.2) is 0 Å². The van der Waals surface area contributed by atoms with Crippen molar-refractivity contribution in [3.8, 4) is 0 Å². The molecule has 0 aromatic heterocycles. The quantitative estimate of drug-likeness (QED) is 0.598. The molecule has 0 aromatic rings. The Labute approximate surface area is 115 Å². The number of aliphatic hydroxyl groups excluding tert-OH is 1. The van der Waals surface area contributed by atoms with E-state index in [1.54, 1.807) is 13.8 Å². The first kappa shape index (κ1) is 17.9. The maximum absolute atomic E-state index is 11.8. The zero-order chi connectivity index (χ0) is 15.1. The number of carboxylic acid groups (broad SMARTS) is 1. The number of amides is 1. The number of nitrogens with one attached hydrogen (secondary N) is 1. The normalized spacial score (nSPS) is 12.3. The molecule has 0 aliphatic heterocycles. The maximum Gasteiger partial charge on any atom is 0.303 e. The van der Waals surface area contributed by atoms with Gasteiger partial charge in [0.2, 0.25) is 5.91 Å². The van der Waals surface area contributed by atoms with E-state index >= 15 is 0 Å². The molecular weight excluding hydrogens is 246 g/mol. The monoisotopic (exact) mass is 273 g/mol.